The van der Waals surface area contributed by atoms with Gasteiger partial charge in [-0.2, -0.15) is 4.31 Å². The molecule has 190 valence electrons. The van der Waals surface area contributed by atoms with Crippen LogP contribution >= 0.6 is 0 Å². The number of urea groups is 1. The Balaban J connectivity index is 2.53. The van der Waals surface area contributed by atoms with E-state index < -0.39 is 27.8 Å². The number of aliphatic hydroxyl groups is 2. The Bertz CT molecular complexity index is 1030. The molecule has 0 aliphatic carbocycles. The molecule has 0 saturated heterocycles. The smallest absolute Gasteiger partial charge is 0.317 e. The van der Waals surface area contributed by atoms with Crippen molar-refractivity contribution in [3.63, 3.8) is 0 Å². The van der Waals surface area contributed by atoms with Gasteiger partial charge in [-0.3, -0.25) is 0 Å². The van der Waals surface area contributed by atoms with E-state index in [0.717, 1.165) is 6.42 Å². The molecular formula is C24H37N3O6S. The number of carbonyl (C=O) groups is 1. The van der Waals surface area contributed by atoms with E-state index >= 15 is 0 Å². The topological polar surface area (TPSA) is 119 Å². The molecule has 3 atom stereocenters. The van der Waals surface area contributed by atoms with Gasteiger partial charge in [0.1, 0.15) is 22.4 Å². The Morgan fingerprint density at radius 1 is 1.41 bits per heavy atom. The molecule has 0 bridgehead atoms. The van der Waals surface area contributed by atoms with Gasteiger partial charge in [-0.1, -0.05) is 25.7 Å². The number of nitrogens with zero attached hydrogens (tertiary/aromatic N) is 2. The number of amides is 2. The number of carbonyl (C=O) groups excluding carboxylic acids is 1. The number of fused-ring (bicyclic) bond motifs is 1. The maximum Gasteiger partial charge on any atom is 0.317 e. The van der Waals surface area contributed by atoms with E-state index in [1.807, 2.05) is 13.8 Å². The summed E-state index contributed by atoms with van der Waals surface area (Å²) in [5.41, 5.74) is -0.727. The maximum absolute atomic E-state index is 13.5. The Morgan fingerprint density at radius 2 is 2.09 bits per heavy atom. The van der Waals surface area contributed by atoms with Crippen LogP contribution in [-0.4, -0.2) is 84.9 Å². The Kier molecular flexibility index (Phi) is 9.37. The van der Waals surface area contributed by atoms with Gasteiger partial charge in [-0.05, 0) is 45.4 Å². The van der Waals surface area contributed by atoms with E-state index in [4.69, 9.17) is 4.74 Å². The number of hydrogen-bond acceptors (Lipinski definition) is 6. The van der Waals surface area contributed by atoms with E-state index in [1.165, 1.54) is 21.3 Å². The van der Waals surface area contributed by atoms with Crippen molar-refractivity contribution in [3.8, 4) is 17.6 Å². The Labute approximate surface area is 203 Å². The minimum absolute atomic E-state index is 0.0309. The molecule has 9 nitrogen and oxygen atoms in total. The highest BCUT2D eigenvalue weighted by Gasteiger charge is 2.38. The molecule has 10 heteroatoms. The fraction of sp³-hybridized carbons (Fsp3) is 0.625. The third kappa shape index (κ3) is 7.09. The second-order valence-corrected chi connectivity index (χ2v) is 11.2. The number of aliphatic hydroxyl groups excluding tert-OH is 1. The first-order chi connectivity index (χ1) is 15.8. The number of ether oxygens (including phenoxy) is 1. The van der Waals surface area contributed by atoms with Crippen molar-refractivity contribution in [1.82, 2.24) is 14.5 Å². The predicted molar refractivity (Wildman–Crippen MR) is 130 cm³/mol. The molecule has 0 unspecified atom stereocenters. The largest absolute Gasteiger partial charge is 0.487 e. The highest BCUT2D eigenvalue weighted by Crippen LogP contribution is 2.34. The van der Waals surface area contributed by atoms with Crippen molar-refractivity contribution in [3.05, 3.63) is 23.8 Å². The van der Waals surface area contributed by atoms with Gasteiger partial charge in [0, 0.05) is 37.7 Å². The van der Waals surface area contributed by atoms with Crippen molar-refractivity contribution in [2.24, 2.45) is 5.92 Å². The Morgan fingerprint density at radius 3 is 2.68 bits per heavy atom. The quantitative estimate of drug-likeness (QED) is 0.516. The van der Waals surface area contributed by atoms with Crippen LogP contribution in [0.25, 0.3) is 0 Å². The average Bonchev–Trinajstić information content (AvgIpc) is 2.77. The van der Waals surface area contributed by atoms with Gasteiger partial charge in [0.2, 0.25) is 10.0 Å². The highest BCUT2D eigenvalue weighted by molar-refractivity contribution is 7.89. The molecule has 0 spiro atoms. The standard InChI is InChI=1S/C24H37N3O6S/c1-7-12-25-23(29)26(6)15-21-17(2)14-27(18(3)16-28)34(31,32)22-9-8-19(13-20(22)33-21)10-11-24(4,5)30/h8-9,13,17-18,21,28,30H,7,12,14-16H2,1-6H3,(H,25,29)/t17-,18+,21+/m0/s1. The number of sulfonamides is 1. The zero-order chi connectivity index (χ0) is 25.7. The van der Waals surface area contributed by atoms with Crippen LogP contribution in [0.1, 0.15) is 46.6 Å². The summed E-state index contributed by atoms with van der Waals surface area (Å²) < 4.78 is 34.5. The number of benzene rings is 1. The molecule has 1 aliphatic heterocycles. The lowest BCUT2D eigenvalue weighted by molar-refractivity contribution is 0.0812. The molecule has 1 aromatic rings. The van der Waals surface area contributed by atoms with Crippen LogP contribution < -0.4 is 10.1 Å². The van der Waals surface area contributed by atoms with Crippen molar-refractivity contribution in [2.75, 3.05) is 33.3 Å². The van der Waals surface area contributed by atoms with E-state index in [2.05, 4.69) is 17.2 Å². The van der Waals surface area contributed by atoms with Crippen molar-refractivity contribution in [2.45, 2.75) is 63.7 Å². The first kappa shape index (κ1) is 27.9. The zero-order valence-corrected chi connectivity index (χ0v) is 21.6. The molecule has 1 aliphatic rings. The van der Waals surface area contributed by atoms with Crippen molar-refractivity contribution < 1.29 is 28.2 Å². The van der Waals surface area contributed by atoms with Crippen LogP contribution in [0, 0.1) is 17.8 Å². The number of likely N-dealkylation sites (N-methyl/N-ethyl adjacent to an activating group) is 1. The summed E-state index contributed by atoms with van der Waals surface area (Å²) in [5.74, 6) is 5.40. The molecule has 3 N–H and O–H groups in total. The molecule has 1 heterocycles. The fourth-order valence-electron chi connectivity index (χ4n) is 3.47. The van der Waals surface area contributed by atoms with E-state index in [-0.39, 0.29) is 42.3 Å². The van der Waals surface area contributed by atoms with Crippen molar-refractivity contribution >= 4 is 16.1 Å². The SMILES string of the molecule is CCCNC(=O)N(C)C[C@H]1Oc2cc(C#CC(C)(C)O)ccc2S(=O)(=O)N([C@H](C)CO)C[C@@H]1C. The second kappa shape index (κ2) is 11.4. The van der Waals surface area contributed by atoms with Crippen molar-refractivity contribution in [1.29, 1.82) is 0 Å². The lowest BCUT2D eigenvalue weighted by atomic mass is 10.0. The molecule has 2 rings (SSSR count). The monoisotopic (exact) mass is 495 g/mol. The van der Waals surface area contributed by atoms with Crippen LogP contribution in [-0.2, 0) is 10.0 Å². The van der Waals surface area contributed by atoms with Gasteiger partial charge in [0.25, 0.3) is 0 Å². The van der Waals surface area contributed by atoms with Gasteiger partial charge >= 0.3 is 6.03 Å². The summed E-state index contributed by atoms with van der Waals surface area (Å²) in [5, 5.41) is 22.5. The van der Waals surface area contributed by atoms with Gasteiger partial charge in [-0.15, -0.1) is 0 Å². The fourth-order valence-corrected chi connectivity index (χ4v) is 5.29. The molecule has 2 amide bonds. The van der Waals surface area contributed by atoms with E-state index in [9.17, 15) is 23.4 Å². The van der Waals surface area contributed by atoms with Gasteiger partial charge < -0.3 is 25.2 Å². The normalized spacial score (nSPS) is 21.1. The summed E-state index contributed by atoms with van der Waals surface area (Å²) >= 11 is 0. The molecule has 0 fully saturated rings. The zero-order valence-electron chi connectivity index (χ0n) is 20.8. The van der Waals surface area contributed by atoms with Crippen LogP contribution in [0.5, 0.6) is 5.75 Å². The van der Waals surface area contributed by atoms with Gasteiger partial charge in [0.05, 0.1) is 13.2 Å². The molecule has 0 radical (unpaired) electrons. The third-order valence-corrected chi connectivity index (χ3v) is 7.53. The summed E-state index contributed by atoms with van der Waals surface area (Å²) in [6.07, 6.45) is 0.293. The summed E-state index contributed by atoms with van der Waals surface area (Å²) in [6, 6.07) is 3.65. The first-order valence-corrected chi connectivity index (χ1v) is 12.9. The summed E-state index contributed by atoms with van der Waals surface area (Å²) in [6.45, 7) is 9.16. The lowest BCUT2D eigenvalue weighted by Crippen LogP contribution is -2.51. The molecule has 0 aromatic heterocycles. The average molecular weight is 496 g/mol. The third-order valence-electron chi connectivity index (χ3n) is 5.51. The molecule has 0 saturated carbocycles. The number of rotatable bonds is 6. The van der Waals surface area contributed by atoms with Gasteiger partial charge in [-0.25, -0.2) is 13.2 Å². The van der Waals surface area contributed by atoms with E-state index in [1.54, 1.807) is 33.9 Å². The predicted octanol–water partition coefficient (Wildman–Crippen LogP) is 1.63. The van der Waals surface area contributed by atoms with Crippen LogP contribution in [0.4, 0.5) is 4.79 Å². The molecule has 34 heavy (non-hydrogen) atoms. The minimum Gasteiger partial charge on any atom is -0.487 e. The molecule has 1 aromatic carbocycles. The maximum atomic E-state index is 13.5. The number of nitrogens with one attached hydrogen (secondary N) is 1. The van der Waals surface area contributed by atoms with Crippen LogP contribution in [0.2, 0.25) is 0 Å². The summed E-state index contributed by atoms with van der Waals surface area (Å²) in [7, 11) is -2.31. The lowest BCUT2D eigenvalue weighted by Gasteiger charge is -2.37. The highest BCUT2D eigenvalue weighted by atomic mass is 32.2. The second-order valence-electron chi connectivity index (χ2n) is 9.32. The first-order valence-electron chi connectivity index (χ1n) is 11.5. The van der Waals surface area contributed by atoms with E-state index in [0.29, 0.717) is 12.1 Å². The van der Waals surface area contributed by atoms with Crippen LogP contribution in [0.15, 0.2) is 23.1 Å². The van der Waals surface area contributed by atoms with Crippen LogP contribution in [0.3, 0.4) is 0 Å². The summed E-state index contributed by atoms with van der Waals surface area (Å²) in [4.78, 5) is 13.9. The number of hydrogen-bond donors (Lipinski definition) is 3. The van der Waals surface area contributed by atoms with Gasteiger partial charge in [0.15, 0.2) is 0 Å². The molecular weight excluding hydrogens is 458 g/mol. The minimum atomic E-state index is -3.97. The Hall–Kier alpha value is -2.32.